The highest BCUT2D eigenvalue weighted by molar-refractivity contribution is 5.90. The van der Waals surface area contributed by atoms with Gasteiger partial charge < -0.3 is 4.98 Å². The molecule has 0 aliphatic carbocycles. The van der Waals surface area contributed by atoms with Crippen LogP contribution in [0.5, 0.6) is 0 Å². The van der Waals surface area contributed by atoms with Gasteiger partial charge in [-0.3, -0.25) is 4.79 Å². The molecule has 3 aromatic carbocycles. The number of fused-ring (bicyclic) bond motifs is 2. The number of pyridine rings is 1. The molecule has 5 rings (SSSR count). The molecule has 0 unspecified atom stereocenters. The maximum absolute atomic E-state index is 13.2. The van der Waals surface area contributed by atoms with E-state index in [-0.39, 0.29) is 5.52 Å². The molecule has 2 aromatic heterocycles. The highest BCUT2D eigenvalue weighted by Crippen LogP contribution is 2.24. The van der Waals surface area contributed by atoms with Crippen molar-refractivity contribution in [3.8, 4) is 16.8 Å². The van der Waals surface area contributed by atoms with Crippen molar-refractivity contribution in [2.24, 2.45) is 0 Å². The second-order valence-corrected chi connectivity index (χ2v) is 7.00. The number of benzene rings is 3. The van der Waals surface area contributed by atoms with Gasteiger partial charge in [0.15, 0.2) is 5.52 Å². The normalized spacial score (nSPS) is 11.2. The predicted octanol–water partition coefficient (Wildman–Crippen LogP) is 4.20. The van der Waals surface area contributed by atoms with Crippen LogP contribution in [0.1, 0.15) is 5.56 Å². The lowest BCUT2D eigenvalue weighted by Crippen LogP contribution is -2.34. The number of aromatic nitrogens is 3. The Labute approximate surface area is 165 Å². The van der Waals surface area contributed by atoms with E-state index in [4.69, 9.17) is 0 Å². The van der Waals surface area contributed by atoms with Crippen LogP contribution in [0.3, 0.4) is 0 Å². The Hall–Kier alpha value is -3.99. The number of aromatic amines is 1. The van der Waals surface area contributed by atoms with Crippen molar-refractivity contribution in [2.75, 3.05) is 0 Å². The Morgan fingerprint density at radius 3 is 2.52 bits per heavy atom. The van der Waals surface area contributed by atoms with E-state index in [0.29, 0.717) is 11.2 Å². The van der Waals surface area contributed by atoms with Crippen LogP contribution in [0.4, 0.5) is 0 Å². The minimum Gasteiger partial charge on any atom is -0.305 e. The molecule has 5 aromatic rings. The molecule has 29 heavy (non-hydrogen) atoms. The lowest BCUT2D eigenvalue weighted by molar-refractivity contribution is 0.902. The number of aryl methyl sites for hydroxylation is 1. The predicted molar refractivity (Wildman–Crippen MR) is 116 cm³/mol. The second-order valence-electron chi connectivity index (χ2n) is 7.00. The lowest BCUT2D eigenvalue weighted by Gasteiger charge is -2.10. The van der Waals surface area contributed by atoms with Crippen LogP contribution in [0.15, 0.2) is 88.6 Å². The summed E-state index contributed by atoms with van der Waals surface area (Å²) in [6, 6.07) is 23.0. The SMILES string of the molecule is Cc1ccccc1-c1cnc2c(=O)n(-c3cccc4ccccc34)c(=O)[nH]c2c1. The zero-order valence-corrected chi connectivity index (χ0v) is 15.7. The number of H-pyrrole nitrogens is 1. The van der Waals surface area contributed by atoms with Crippen molar-refractivity contribution in [3.63, 3.8) is 0 Å². The Morgan fingerprint density at radius 2 is 1.66 bits per heavy atom. The Morgan fingerprint density at radius 1 is 0.897 bits per heavy atom. The van der Waals surface area contributed by atoms with Crippen molar-refractivity contribution >= 4 is 21.8 Å². The van der Waals surface area contributed by atoms with Crippen LogP contribution in [-0.2, 0) is 0 Å². The van der Waals surface area contributed by atoms with Crippen LogP contribution in [0.2, 0.25) is 0 Å². The van der Waals surface area contributed by atoms with Gasteiger partial charge in [0.25, 0.3) is 5.56 Å². The first-order valence-electron chi connectivity index (χ1n) is 9.33. The summed E-state index contributed by atoms with van der Waals surface area (Å²) in [6.45, 7) is 2.01. The van der Waals surface area contributed by atoms with Gasteiger partial charge in [-0.25, -0.2) is 14.3 Å². The summed E-state index contributed by atoms with van der Waals surface area (Å²) in [5.74, 6) is 0. The van der Waals surface area contributed by atoms with E-state index >= 15 is 0 Å². The lowest BCUT2D eigenvalue weighted by atomic mass is 10.0. The van der Waals surface area contributed by atoms with E-state index in [2.05, 4.69) is 9.97 Å². The van der Waals surface area contributed by atoms with Gasteiger partial charge in [-0.15, -0.1) is 0 Å². The van der Waals surface area contributed by atoms with Gasteiger partial charge in [0.05, 0.1) is 11.2 Å². The van der Waals surface area contributed by atoms with E-state index in [1.807, 2.05) is 67.6 Å². The zero-order chi connectivity index (χ0) is 20.0. The van der Waals surface area contributed by atoms with E-state index < -0.39 is 11.2 Å². The topological polar surface area (TPSA) is 67.8 Å². The summed E-state index contributed by atoms with van der Waals surface area (Å²) < 4.78 is 1.16. The molecule has 0 bridgehead atoms. The number of nitrogens with one attached hydrogen (secondary N) is 1. The maximum Gasteiger partial charge on any atom is 0.333 e. The standard InChI is InChI=1S/C24H17N3O2/c1-15-7-2-4-10-18(15)17-13-20-22(25-14-17)23(28)27(24(29)26-20)21-12-6-9-16-8-3-5-11-19(16)21/h2-14H,1H3,(H,26,29). The van der Waals surface area contributed by atoms with Crippen molar-refractivity contribution < 1.29 is 0 Å². The van der Waals surface area contributed by atoms with Gasteiger partial charge in [0.2, 0.25) is 0 Å². The Balaban J connectivity index is 1.78. The summed E-state index contributed by atoms with van der Waals surface area (Å²) in [5.41, 5.74) is 3.25. The molecule has 0 spiro atoms. The number of hydrogen-bond acceptors (Lipinski definition) is 3. The van der Waals surface area contributed by atoms with Crippen LogP contribution in [0, 0.1) is 6.92 Å². The highest BCUT2D eigenvalue weighted by atomic mass is 16.2. The van der Waals surface area contributed by atoms with Crippen molar-refractivity contribution in [1.82, 2.24) is 14.5 Å². The number of nitrogens with zero attached hydrogens (tertiary/aromatic N) is 2. The molecule has 5 nitrogen and oxygen atoms in total. The van der Waals surface area contributed by atoms with E-state index in [0.717, 1.165) is 32.0 Å². The Bertz CT molecular complexity index is 1510. The minimum absolute atomic E-state index is 0.231. The fraction of sp³-hybridized carbons (Fsp3) is 0.0417. The molecule has 0 saturated heterocycles. The second kappa shape index (κ2) is 6.56. The minimum atomic E-state index is -0.484. The van der Waals surface area contributed by atoms with Crippen molar-refractivity contribution in [2.45, 2.75) is 6.92 Å². The molecular formula is C24H17N3O2. The molecule has 0 atom stereocenters. The van der Waals surface area contributed by atoms with Crippen LogP contribution >= 0.6 is 0 Å². The van der Waals surface area contributed by atoms with E-state index in [1.165, 1.54) is 0 Å². The maximum atomic E-state index is 13.2. The largest absolute Gasteiger partial charge is 0.333 e. The van der Waals surface area contributed by atoms with Crippen molar-refractivity contribution in [1.29, 1.82) is 0 Å². The molecule has 0 amide bonds. The fourth-order valence-electron chi connectivity index (χ4n) is 3.77. The molecule has 1 N–H and O–H groups in total. The van der Waals surface area contributed by atoms with Gasteiger partial charge in [-0.05, 0) is 35.6 Å². The third-order valence-corrected chi connectivity index (χ3v) is 5.20. The average molecular weight is 379 g/mol. The van der Waals surface area contributed by atoms with Crippen molar-refractivity contribution in [3.05, 3.63) is 105 Å². The number of hydrogen-bond donors (Lipinski definition) is 1. The quantitative estimate of drug-likeness (QED) is 0.500. The smallest absolute Gasteiger partial charge is 0.305 e. The molecule has 140 valence electrons. The van der Waals surface area contributed by atoms with Gasteiger partial charge in [-0.2, -0.15) is 0 Å². The zero-order valence-electron chi connectivity index (χ0n) is 15.7. The molecule has 2 heterocycles. The Kier molecular flexibility index (Phi) is 3.88. The first-order chi connectivity index (χ1) is 14.1. The molecule has 0 radical (unpaired) electrons. The summed E-state index contributed by atoms with van der Waals surface area (Å²) in [6.07, 6.45) is 1.68. The fourth-order valence-corrected chi connectivity index (χ4v) is 3.77. The third-order valence-electron chi connectivity index (χ3n) is 5.20. The third kappa shape index (κ3) is 2.75. The summed E-state index contributed by atoms with van der Waals surface area (Å²) >= 11 is 0. The van der Waals surface area contributed by atoms with Gasteiger partial charge >= 0.3 is 5.69 Å². The van der Waals surface area contributed by atoms with E-state index in [9.17, 15) is 9.59 Å². The molecule has 5 heteroatoms. The summed E-state index contributed by atoms with van der Waals surface area (Å²) in [7, 11) is 0. The monoisotopic (exact) mass is 379 g/mol. The first-order valence-corrected chi connectivity index (χ1v) is 9.33. The van der Waals surface area contributed by atoms with E-state index in [1.54, 1.807) is 18.3 Å². The average Bonchev–Trinajstić information content (AvgIpc) is 2.74. The molecule has 0 saturated carbocycles. The molecular weight excluding hydrogens is 362 g/mol. The van der Waals surface area contributed by atoms with Crippen LogP contribution < -0.4 is 11.2 Å². The van der Waals surface area contributed by atoms with Crippen LogP contribution in [-0.4, -0.2) is 14.5 Å². The summed E-state index contributed by atoms with van der Waals surface area (Å²) in [4.78, 5) is 33.3. The summed E-state index contributed by atoms with van der Waals surface area (Å²) in [5, 5.41) is 1.79. The first kappa shape index (κ1) is 17.1. The number of rotatable bonds is 2. The molecule has 0 aliphatic heterocycles. The molecule has 0 aliphatic rings. The van der Waals surface area contributed by atoms with Gasteiger partial charge in [0.1, 0.15) is 0 Å². The van der Waals surface area contributed by atoms with Gasteiger partial charge in [0, 0.05) is 17.1 Å². The van der Waals surface area contributed by atoms with Crippen LogP contribution in [0.25, 0.3) is 38.6 Å². The highest BCUT2D eigenvalue weighted by Gasteiger charge is 2.14. The van der Waals surface area contributed by atoms with Gasteiger partial charge in [-0.1, -0.05) is 60.7 Å². The molecule has 0 fully saturated rings.